The largest absolute Gasteiger partial charge is 0.478 e. The van der Waals surface area contributed by atoms with Crippen LogP contribution in [0.15, 0.2) is 0 Å². The van der Waals surface area contributed by atoms with E-state index in [9.17, 15) is 33.9 Å². The van der Waals surface area contributed by atoms with Crippen LogP contribution in [-0.4, -0.2) is 60.0 Å². The Hall–Kier alpha value is -1.57. The fraction of sp³-hybridized carbons (Fsp3) is 0.368. The molecule has 11 nitrogen and oxygen atoms in total. The standard InChI is InChI=1S/C19H19I3N2O9/c1-7(25)24(8(2)26)17-15(21)12(14(20)13(16(17)22)19(30)31)18(29)23-5-11(33-10(4)28)6-32-9(3)27/h11H,5-6H2,1-4H3,(H,23,29)(H,30,31). The summed E-state index contributed by atoms with van der Waals surface area (Å²) in [4.78, 5) is 72.5. The fourth-order valence-corrected chi connectivity index (χ4v) is 7.25. The summed E-state index contributed by atoms with van der Waals surface area (Å²) in [6, 6.07) is 0. The van der Waals surface area contributed by atoms with Gasteiger partial charge in [-0.2, -0.15) is 0 Å². The number of ether oxygens (including phenoxy) is 2. The van der Waals surface area contributed by atoms with Crippen LogP contribution in [0.2, 0.25) is 0 Å². The van der Waals surface area contributed by atoms with Crippen LogP contribution in [0, 0.1) is 10.7 Å². The van der Waals surface area contributed by atoms with E-state index in [4.69, 9.17) is 9.47 Å². The van der Waals surface area contributed by atoms with Gasteiger partial charge in [0.1, 0.15) is 6.61 Å². The first-order chi connectivity index (χ1) is 15.2. The Bertz CT molecular complexity index is 1010. The van der Waals surface area contributed by atoms with Gasteiger partial charge in [-0.1, -0.05) is 0 Å². The molecule has 0 saturated heterocycles. The number of carboxylic acids is 1. The molecule has 0 radical (unpaired) electrons. The number of halogens is 3. The smallest absolute Gasteiger partial charge is 0.337 e. The van der Waals surface area contributed by atoms with Crippen molar-refractivity contribution in [1.29, 1.82) is 0 Å². The topological polar surface area (TPSA) is 156 Å². The molecule has 1 unspecified atom stereocenters. The molecule has 1 aromatic carbocycles. The number of anilines is 1. The Morgan fingerprint density at radius 2 is 1.39 bits per heavy atom. The SMILES string of the molecule is CC(=O)OCC(CNC(=O)c1c(I)c(C(=O)O)c(I)c(N(C(C)=O)C(C)=O)c1I)OC(C)=O. The van der Waals surface area contributed by atoms with Gasteiger partial charge in [0.05, 0.1) is 30.5 Å². The second kappa shape index (κ2) is 12.8. The van der Waals surface area contributed by atoms with Crippen LogP contribution in [0.1, 0.15) is 48.4 Å². The van der Waals surface area contributed by atoms with Gasteiger partial charge < -0.3 is 19.9 Å². The van der Waals surface area contributed by atoms with Gasteiger partial charge in [-0.3, -0.25) is 24.0 Å². The number of amides is 3. The van der Waals surface area contributed by atoms with Gasteiger partial charge in [-0.25, -0.2) is 9.69 Å². The van der Waals surface area contributed by atoms with Crippen molar-refractivity contribution in [2.24, 2.45) is 0 Å². The monoisotopic (exact) mass is 800 g/mol. The van der Waals surface area contributed by atoms with Gasteiger partial charge in [0.15, 0.2) is 6.10 Å². The number of imide groups is 1. The van der Waals surface area contributed by atoms with Crippen LogP contribution in [0.3, 0.4) is 0 Å². The van der Waals surface area contributed by atoms with Crippen LogP contribution >= 0.6 is 67.8 Å². The summed E-state index contributed by atoms with van der Waals surface area (Å²) in [7, 11) is 0. The highest BCUT2D eigenvalue weighted by Gasteiger charge is 2.32. The molecular weight excluding hydrogens is 781 g/mol. The minimum atomic E-state index is -1.35. The Balaban J connectivity index is 3.52. The lowest BCUT2D eigenvalue weighted by atomic mass is 10.1. The molecule has 3 amide bonds. The number of carbonyl (C=O) groups excluding carboxylic acids is 5. The second-order valence-electron chi connectivity index (χ2n) is 6.46. The number of nitrogens with zero attached hydrogens (tertiary/aromatic N) is 1. The normalized spacial score (nSPS) is 11.2. The molecule has 180 valence electrons. The third kappa shape index (κ3) is 7.72. The fourth-order valence-electron chi connectivity index (χ4n) is 2.65. The highest BCUT2D eigenvalue weighted by Crippen LogP contribution is 2.38. The third-order valence-corrected chi connectivity index (χ3v) is 7.06. The second-order valence-corrected chi connectivity index (χ2v) is 9.70. The maximum absolute atomic E-state index is 13.1. The van der Waals surface area contributed by atoms with E-state index >= 15 is 0 Å². The minimum absolute atomic E-state index is 0.0179. The zero-order valence-corrected chi connectivity index (χ0v) is 24.3. The van der Waals surface area contributed by atoms with E-state index in [0.29, 0.717) is 0 Å². The molecule has 1 rings (SSSR count). The van der Waals surface area contributed by atoms with Crippen molar-refractivity contribution >= 4 is 109 Å². The summed E-state index contributed by atoms with van der Waals surface area (Å²) in [6.45, 7) is 4.06. The molecular formula is C19H19I3N2O9. The first-order valence-electron chi connectivity index (χ1n) is 9.04. The van der Waals surface area contributed by atoms with E-state index in [-0.39, 0.29) is 40.7 Å². The van der Waals surface area contributed by atoms with Gasteiger partial charge >= 0.3 is 17.9 Å². The molecule has 0 heterocycles. The molecule has 0 saturated carbocycles. The van der Waals surface area contributed by atoms with Crippen LogP contribution in [0.4, 0.5) is 5.69 Å². The van der Waals surface area contributed by atoms with Crippen molar-refractivity contribution in [2.45, 2.75) is 33.8 Å². The molecule has 0 fully saturated rings. The third-order valence-electron chi connectivity index (χ3n) is 3.88. The summed E-state index contributed by atoms with van der Waals surface area (Å²) in [5.74, 6) is -4.67. The summed E-state index contributed by atoms with van der Waals surface area (Å²) in [5, 5.41) is 12.2. The number of nitrogens with one attached hydrogen (secondary N) is 1. The van der Waals surface area contributed by atoms with Crippen LogP contribution in [-0.2, 0) is 28.7 Å². The maximum atomic E-state index is 13.1. The van der Waals surface area contributed by atoms with E-state index in [1.165, 1.54) is 6.92 Å². The lowest BCUT2D eigenvalue weighted by Gasteiger charge is -2.24. The first-order valence-corrected chi connectivity index (χ1v) is 12.3. The molecule has 0 aromatic heterocycles. The van der Waals surface area contributed by atoms with Gasteiger partial charge in [-0.05, 0) is 67.8 Å². The Kier molecular flexibility index (Phi) is 11.4. The number of carbonyl (C=O) groups is 6. The molecule has 0 spiro atoms. The predicted molar refractivity (Wildman–Crippen MR) is 140 cm³/mol. The number of benzene rings is 1. The van der Waals surface area contributed by atoms with Crippen LogP contribution in [0.25, 0.3) is 0 Å². The number of esters is 2. The average molecular weight is 800 g/mol. The first kappa shape index (κ1) is 29.5. The quantitative estimate of drug-likeness (QED) is 0.298. The number of rotatable bonds is 8. The molecule has 33 heavy (non-hydrogen) atoms. The zero-order chi connectivity index (χ0) is 25.6. The zero-order valence-electron chi connectivity index (χ0n) is 17.8. The van der Waals surface area contributed by atoms with Crippen molar-refractivity contribution < 1.29 is 43.3 Å². The van der Waals surface area contributed by atoms with Crippen LogP contribution < -0.4 is 10.2 Å². The van der Waals surface area contributed by atoms with Crippen molar-refractivity contribution in [3.8, 4) is 0 Å². The van der Waals surface area contributed by atoms with E-state index in [1.807, 2.05) is 0 Å². The van der Waals surface area contributed by atoms with Crippen molar-refractivity contribution in [2.75, 3.05) is 18.1 Å². The van der Waals surface area contributed by atoms with Crippen molar-refractivity contribution in [3.05, 3.63) is 21.8 Å². The van der Waals surface area contributed by atoms with E-state index in [0.717, 1.165) is 25.7 Å². The molecule has 0 aliphatic rings. The lowest BCUT2D eigenvalue weighted by molar-refractivity contribution is -0.155. The number of carboxylic acid groups (broad SMARTS) is 1. The number of aromatic carboxylic acids is 1. The highest BCUT2D eigenvalue weighted by atomic mass is 127. The van der Waals surface area contributed by atoms with Gasteiger partial charge in [0.2, 0.25) is 11.8 Å². The minimum Gasteiger partial charge on any atom is -0.478 e. The summed E-state index contributed by atoms with van der Waals surface area (Å²) in [6.07, 6.45) is -0.987. The molecule has 1 atom stereocenters. The molecule has 1 aromatic rings. The van der Waals surface area contributed by atoms with Gasteiger partial charge in [0, 0.05) is 31.3 Å². The highest BCUT2D eigenvalue weighted by molar-refractivity contribution is 14.1. The Morgan fingerprint density at radius 3 is 1.82 bits per heavy atom. The van der Waals surface area contributed by atoms with E-state index in [1.54, 1.807) is 67.8 Å². The van der Waals surface area contributed by atoms with Gasteiger partial charge in [-0.15, -0.1) is 0 Å². The summed E-state index contributed by atoms with van der Waals surface area (Å²) >= 11 is 5.19. The molecule has 14 heteroatoms. The Labute approximate surface area is 229 Å². The number of hydrogen-bond donors (Lipinski definition) is 2. The van der Waals surface area contributed by atoms with E-state index < -0.39 is 41.7 Å². The van der Waals surface area contributed by atoms with E-state index in [2.05, 4.69) is 5.32 Å². The number of hydrogen-bond acceptors (Lipinski definition) is 8. The average Bonchev–Trinajstić information content (AvgIpc) is 2.65. The summed E-state index contributed by atoms with van der Waals surface area (Å²) in [5.41, 5.74) is -0.345. The molecule has 0 aliphatic heterocycles. The maximum Gasteiger partial charge on any atom is 0.337 e. The molecule has 0 bridgehead atoms. The van der Waals surface area contributed by atoms with Crippen LogP contribution in [0.5, 0.6) is 0 Å². The predicted octanol–water partition coefficient (Wildman–Crippen LogP) is 2.32. The van der Waals surface area contributed by atoms with Crippen molar-refractivity contribution in [1.82, 2.24) is 5.32 Å². The lowest BCUT2D eigenvalue weighted by Crippen LogP contribution is -2.39. The molecule has 0 aliphatic carbocycles. The molecule has 2 N–H and O–H groups in total. The van der Waals surface area contributed by atoms with Gasteiger partial charge in [0.25, 0.3) is 5.91 Å². The van der Waals surface area contributed by atoms with Crippen molar-refractivity contribution in [3.63, 3.8) is 0 Å². The summed E-state index contributed by atoms with van der Waals surface area (Å²) < 4.78 is 10.2. The Morgan fingerprint density at radius 1 is 0.879 bits per heavy atom.